The Morgan fingerprint density at radius 3 is 2.70 bits per heavy atom. The Kier molecular flexibility index (Phi) is 3.70. The van der Waals surface area contributed by atoms with Gasteiger partial charge in [0.25, 0.3) is 0 Å². The Labute approximate surface area is 125 Å². The summed E-state index contributed by atoms with van der Waals surface area (Å²) in [4.78, 5) is 7.93. The molecule has 1 aliphatic carbocycles. The second-order valence-electron chi connectivity index (χ2n) is 5.56. The molecule has 3 rings (SSSR count). The van der Waals surface area contributed by atoms with Crippen LogP contribution in [0.25, 0.3) is 11.3 Å². The summed E-state index contributed by atoms with van der Waals surface area (Å²) in [5, 5.41) is 0. The molecule has 0 unspecified atom stereocenters. The fourth-order valence-corrected chi connectivity index (χ4v) is 3.03. The minimum Gasteiger partial charge on any atom is -0.343 e. The van der Waals surface area contributed by atoms with E-state index in [2.05, 4.69) is 48.1 Å². The molecule has 0 spiro atoms. The smallest absolute Gasteiger partial charge is 0.133 e. The van der Waals surface area contributed by atoms with E-state index in [1.165, 1.54) is 30.4 Å². The van der Waals surface area contributed by atoms with Crippen LogP contribution >= 0.6 is 12.2 Å². The lowest BCUT2D eigenvalue weighted by Crippen LogP contribution is -2.11. The maximum absolute atomic E-state index is 5.41. The largest absolute Gasteiger partial charge is 0.343 e. The fourth-order valence-electron chi connectivity index (χ4n) is 2.82. The molecule has 1 N–H and O–H groups in total. The topological polar surface area (TPSA) is 28.7 Å². The van der Waals surface area contributed by atoms with Crippen LogP contribution < -0.4 is 0 Å². The van der Waals surface area contributed by atoms with E-state index in [1.807, 2.05) is 0 Å². The molecule has 2 aromatic rings. The van der Waals surface area contributed by atoms with Gasteiger partial charge in [0.1, 0.15) is 10.5 Å². The summed E-state index contributed by atoms with van der Waals surface area (Å²) in [5.41, 5.74) is 5.01. The first-order valence-electron chi connectivity index (χ1n) is 7.39. The summed E-state index contributed by atoms with van der Waals surface area (Å²) in [5.74, 6) is 1.69. The number of H-pyrrole nitrogens is 1. The third kappa shape index (κ3) is 2.31. The van der Waals surface area contributed by atoms with Crippen molar-refractivity contribution in [2.75, 3.05) is 0 Å². The molecule has 1 saturated carbocycles. The number of benzene rings is 1. The zero-order valence-corrected chi connectivity index (χ0v) is 12.9. The maximum Gasteiger partial charge on any atom is 0.133 e. The number of nitrogens with zero attached hydrogens (tertiary/aromatic N) is 1. The molecular formula is C17H20N2S. The van der Waals surface area contributed by atoms with Gasteiger partial charge in [0.15, 0.2) is 0 Å². The molecule has 0 saturated heterocycles. The Bertz CT molecular complexity index is 684. The average molecular weight is 284 g/mol. The van der Waals surface area contributed by atoms with Crippen molar-refractivity contribution < 1.29 is 0 Å². The van der Waals surface area contributed by atoms with Gasteiger partial charge in [-0.05, 0) is 31.2 Å². The highest BCUT2D eigenvalue weighted by Crippen LogP contribution is 2.41. The van der Waals surface area contributed by atoms with E-state index in [-0.39, 0.29) is 0 Å². The predicted octanol–water partition coefficient (Wildman–Crippen LogP) is 4.94. The third-order valence-corrected chi connectivity index (χ3v) is 4.71. The van der Waals surface area contributed by atoms with Gasteiger partial charge in [-0.25, -0.2) is 4.98 Å². The molecule has 1 aromatic carbocycles. The highest BCUT2D eigenvalue weighted by atomic mass is 32.1. The van der Waals surface area contributed by atoms with Gasteiger partial charge in [0, 0.05) is 17.5 Å². The van der Waals surface area contributed by atoms with Crippen LogP contribution in [0.15, 0.2) is 24.3 Å². The molecule has 20 heavy (non-hydrogen) atoms. The molecule has 1 heterocycles. The first-order valence-corrected chi connectivity index (χ1v) is 7.80. The summed E-state index contributed by atoms with van der Waals surface area (Å²) < 4.78 is 0.721. The molecule has 0 radical (unpaired) electrons. The molecule has 104 valence electrons. The molecular weight excluding hydrogens is 264 g/mol. The number of aromatic amines is 1. The maximum atomic E-state index is 5.41. The van der Waals surface area contributed by atoms with E-state index >= 15 is 0 Å². The Morgan fingerprint density at radius 2 is 2.05 bits per heavy atom. The molecule has 0 aliphatic heterocycles. The van der Waals surface area contributed by atoms with Gasteiger partial charge in [-0.1, -0.05) is 49.8 Å². The summed E-state index contributed by atoms with van der Waals surface area (Å²) in [6, 6.07) is 8.73. The van der Waals surface area contributed by atoms with Crippen LogP contribution in [0.1, 0.15) is 49.1 Å². The van der Waals surface area contributed by atoms with Gasteiger partial charge >= 0.3 is 0 Å². The Balaban J connectivity index is 2.18. The van der Waals surface area contributed by atoms with Gasteiger partial charge in [-0.2, -0.15) is 0 Å². The Morgan fingerprint density at radius 1 is 1.30 bits per heavy atom. The number of aryl methyl sites for hydroxylation is 1. The molecule has 0 amide bonds. The minimum atomic E-state index is 0.714. The lowest BCUT2D eigenvalue weighted by atomic mass is 9.77. The van der Waals surface area contributed by atoms with Crippen LogP contribution in [0.4, 0.5) is 0 Å². The number of rotatable bonds is 3. The van der Waals surface area contributed by atoms with Crippen molar-refractivity contribution in [2.24, 2.45) is 0 Å². The number of hydrogen-bond donors (Lipinski definition) is 1. The van der Waals surface area contributed by atoms with Crippen molar-refractivity contribution in [1.82, 2.24) is 9.97 Å². The van der Waals surface area contributed by atoms with Crippen LogP contribution in [0, 0.1) is 11.6 Å². The van der Waals surface area contributed by atoms with Crippen LogP contribution in [-0.2, 0) is 6.42 Å². The van der Waals surface area contributed by atoms with E-state index in [9.17, 15) is 0 Å². The van der Waals surface area contributed by atoms with Gasteiger partial charge in [0.05, 0.1) is 5.69 Å². The van der Waals surface area contributed by atoms with E-state index in [0.29, 0.717) is 5.92 Å². The van der Waals surface area contributed by atoms with Crippen molar-refractivity contribution >= 4 is 12.2 Å². The van der Waals surface area contributed by atoms with Gasteiger partial charge in [0.2, 0.25) is 0 Å². The van der Waals surface area contributed by atoms with E-state index < -0.39 is 0 Å². The van der Waals surface area contributed by atoms with Crippen LogP contribution in [0.5, 0.6) is 0 Å². The second-order valence-corrected chi connectivity index (χ2v) is 5.94. The molecule has 1 fully saturated rings. The van der Waals surface area contributed by atoms with Gasteiger partial charge in [-0.15, -0.1) is 0 Å². The standard InChI is InChI=1S/C17H20N2S/c1-3-15-18-16(11(2)17(20)19-15)14-10-5-4-9-13(14)12-7-6-8-12/h4-5,9-10,12H,3,6-8H2,1-2H3,(H,18,19,20). The molecule has 0 atom stereocenters. The molecule has 2 nitrogen and oxygen atoms in total. The summed E-state index contributed by atoms with van der Waals surface area (Å²) >= 11 is 5.41. The number of nitrogens with one attached hydrogen (secondary N) is 1. The number of aromatic nitrogens is 2. The van der Waals surface area contributed by atoms with E-state index in [1.54, 1.807) is 0 Å². The zero-order valence-electron chi connectivity index (χ0n) is 12.1. The van der Waals surface area contributed by atoms with Crippen molar-refractivity contribution in [2.45, 2.75) is 45.4 Å². The molecule has 1 aromatic heterocycles. The Hall–Kier alpha value is -1.48. The first kappa shape index (κ1) is 13.5. The van der Waals surface area contributed by atoms with Crippen LogP contribution in [0.2, 0.25) is 0 Å². The summed E-state index contributed by atoms with van der Waals surface area (Å²) in [6.07, 6.45) is 4.85. The molecule has 3 heteroatoms. The third-order valence-electron chi connectivity index (χ3n) is 4.31. The highest BCUT2D eigenvalue weighted by Gasteiger charge is 2.23. The lowest BCUT2D eigenvalue weighted by molar-refractivity contribution is 0.420. The molecule has 0 bridgehead atoms. The SMILES string of the molecule is CCc1nc(=S)c(C)c(-c2ccccc2C2CCC2)[nH]1. The van der Waals surface area contributed by atoms with Crippen molar-refractivity contribution in [3.05, 3.63) is 45.9 Å². The monoisotopic (exact) mass is 284 g/mol. The van der Waals surface area contributed by atoms with Crippen LogP contribution in [-0.4, -0.2) is 9.97 Å². The van der Waals surface area contributed by atoms with Crippen molar-refractivity contribution in [3.8, 4) is 11.3 Å². The predicted molar refractivity (Wildman–Crippen MR) is 85.6 cm³/mol. The minimum absolute atomic E-state index is 0.714. The van der Waals surface area contributed by atoms with Crippen molar-refractivity contribution in [1.29, 1.82) is 0 Å². The fraction of sp³-hybridized carbons (Fsp3) is 0.412. The zero-order chi connectivity index (χ0) is 14.1. The lowest BCUT2D eigenvalue weighted by Gasteiger charge is -2.28. The normalized spacial score (nSPS) is 15.1. The van der Waals surface area contributed by atoms with Crippen LogP contribution in [0.3, 0.4) is 0 Å². The average Bonchev–Trinajstić information content (AvgIpc) is 2.41. The quantitative estimate of drug-likeness (QED) is 0.808. The number of hydrogen-bond acceptors (Lipinski definition) is 2. The second kappa shape index (κ2) is 5.49. The van der Waals surface area contributed by atoms with Gasteiger partial charge in [-0.3, -0.25) is 0 Å². The van der Waals surface area contributed by atoms with E-state index in [4.69, 9.17) is 12.2 Å². The van der Waals surface area contributed by atoms with Crippen molar-refractivity contribution in [3.63, 3.8) is 0 Å². The summed E-state index contributed by atoms with van der Waals surface area (Å²) in [6.45, 7) is 4.17. The highest BCUT2D eigenvalue weighted by molar-refractivity contribution is 7.71. The first-order chi connectivity index (χ1) is 9.70. The van der Waals surface area contributed by atoms with E-state index in [0.717, 1.165) is 28.1 Å². The molecule has 1 aliphatic rings. The summed E-state index contributed by atoms with van der Waals surface area (Å²) in [7, 11) is 0. The van der Waals surface area contributed by atoms with Gasteiger partial charge < -0.3 is 4.98 Å².